The molecule has 0 aromatic heterocycles. The van der Waals surface area contributed by atoms with Crippen LogP contribution in [0.1, 0.15) is 32.3 Å². The molecule has 4 heteroatoms. The van der Waals surface area contributed by atoms with Crippen LogP contribution in [-0.2, 0) is 0 Å². The highest BCUT2D eigenvalue weighted by Gasteiger charge is 2.07. The summed E-state index contributed by atoms with van der Waals surface area (Å²) in [7, 11) is 0. The van der Waals surface area contributed by atoms with Gasteiger partial charge in [-0.1, -0.05) is 30.1 Å². The molecule has 0 amide bonds. The van der Waals surface area contributed by atoms with Crippen molar-refractivity contribution in [2.45, 2.75) is 39.7 Å². The molecule has 18 heavy (non-hydrogen) atoms. The number of nitrogens with one attached hydrogen (secondary N) is 1. The monoisotopic (exact) mass is 289 g/mol. The van der Waals surface area contributed by atoms with Gasteiger partial charge in [-0.2, -0.15) is 0 Å². The highest BCUT2D eigenvalue weighted by molar-refractivity contribution is 6.35. The Balaban J connectivity index is 2.36. The lowest BCUT2D eigenvalue weighted by Crippen LogP contribution is -2.27. The van der Waals surface area contributed by atoms with Crippen molar-refractivity contribution in [3.8, 4) is 5.75 Å². The van der Waals surface area contributed by atoms with Gasteiger partial charge in [0, 0.05) is 11.1 Å². The molecule has 0 heterocycles. The predicted octanol–water partition coefficient (Wildman–Crippen LogP) is 4.46. The average molecular weight is 290 g/mol. The molecule has 1 rings (SSSR count). The molecule has 1 atom stereocenters. The lowest BCUT2D eigenvalue weighted by molar-refractivity contribution is 0.303. The molecular formula is C14H21Cl2NO. The normalized spacial score (nSPS) is 12.5. The number of hydrogen-bond acceptors (Lipinski definition) is 2. The Morgan fingerprint density at radius 2 is 2.06 bits per heavy atom. The fourth-order valence-corrected chi connectivity index (χ4v) is 2.26. The van der Waals surface area contributed by atoms with Crippen molar-refractivity contribution in [2.75, 3.05) is 13.2 Å². The van der Waals surface area contributed by atoms with Crippen LogP contribution in [0, 0.1) is 6.92 Å². The van der Waals surface area contributed by atoms with E-state index in [-0.39, 0.29) is 0 Å². The largest absolute Gasteiger partial charge is 0.492 e. The zero-order valence-corrected chi connectivity index (χ0v) is 12.7. The van der Waals surface area contributed by atoms with Crippen molar-refractivity contribution in [2.24, 2.45) is 0 Å². The van der Waals surface area contributed by atoms with Crippen LogP contribution >= 0.6 is 23.2 Å². The molecule has 1 aromatic carbocycles. The number of hydrogen-bond donors (Lipinski definition) is 1. The molecular weight excluding hydrogens is 269 g/mol. The minimum atomic E-state index is 0.561. The molecule has 0 aliphatic rings. The van der Waals surface area contributed by atoms with E-state index in [9.17, 15) is 0 Å². The Bertz CT molecular complexity index is 359. The maximum Gasteiger partial charge on any atom is 0.140 e. The zero-order chi connectivity index (χ0) is 13.5. The van der Waals surface area contributed by atoms with Crippen molar-refractivity contribution in [3.05, 3.63) is 27.7 Å². The van der Waals surface area contributed by atoms with E-state index in [2.05, 4.69) is 19.2 Å². The van der Waals surface area contributed by atoms with Gasteiger partial charge in [-0.25, -0.2) is 0 Å². The quantitative estimate of drug-likeness (QED) is 0.749. The summed E-state index contributed by atoms with van der Waals surface area (Å²) in [5, 5.41) is 4.64. The number of aryl methyl sites for hydroxylation is 1. The molecule has 0 fully saturated rings. The molecule has 0 spiro atoms. The van der Waals surface area contributed by atoms with E-state index in [1.165, 1.54) is 0 Å². The molecule has 0 saturated heterocycles. The second-order valence-electron chi connectivity index (χ2n) is 4.50. The molecule has 1 N–H and O–H groups in total. The molecule has 0 radical (unpaired) electrons. The van der Waals surface area contributed by atoms with Crippen LogP contribution in [0.2, 0.25) is 10.0 Å². The van der Waals surface area contributed by atoms with Gasteiger partial charge < -0.3 is 10.1 Å². The van der Waals surface area contributed by atoms with E-state index in [1.807, 2.05) is 13.0 Å². The van der Waals surface area contributed by atoms with Gasteiger partial charge in [-0.15, -0.1) is 0 Å². The van der Waals surface area contributed by atoms with Crippen LogP contribution in [0.5, 0.6) is 5.75 Å². The molecule has 0 bridgehead atoms. The maximum absolute atomic E-state index is 6.10. The minimum Gasteiger partial charge on any atom is -0.492 e. The molecule has 1 unspecified atom stereocenters. The highest BCUT2D eigenvalue weighted by atomic mass is 35.5. The van der Waals surface area contributed by atoms with Gasteiger partial charge in [0.25, 0.3) is 0 Å². The molecule has 102 valence electrons. The van der Waals surface area contributed by atoms with Gasteiger partial charge in [0.05, 0.1) is 11.6 Å². The lowest BCUT2D eigenvalue weighted by Gasteiger charge is -2.13. The van der Waals surface area contributed by atoms with E-state index >= 15 is 0 Å². The fraction of sp³-hybridized carbons (Fsp3) is 0.571. The third-order valence-corrected chi connectivity index (χ3v) is 3.37. The first-order valence-electron chi connectivity index (χ1n) is 6.36. The summed E-state index contributed by atoms with van der Waals surface area (Å²) in [5.41, 5.74) is 0.974. The van der Waals surface area contributed by atoms with Gasteiger partial charge in [-0.3, -0.25) is 0 Å². The highest BCUT2D eigenvalue weighted by Crippen LogP contribution is 2.31. The second-order valence-corrected chi connectivity index (χ2v) is 5.34. The summed E-state index contributed by atoms with van der Waals surface area (Å²) in [6.45, 7) is 7.92. The smallest absolute Gasteiger partial charge is 0.140 e. The van der Waals surface area contributed by atoms with Gasteiger partial charge in [-0.05, 0) is 50.9 Å². The molecule has 0 aliphatic heterocycles. The van der Waals surface area contributed by atoms with Crippen molar-refractivity contribution in [1.29, 1.82) is 0 Å². The van der Waals surface area contributed by atoms with Crippen LogP contribution in [0.3, 0.4) is 0 Å². The summed E-state index contributed by atoms with van der Waals surface area (Å²) in [6, 6.07) is 4.13. The minimum absolute atomic E-state index is 0.561. The fourth-order valence-electron chi connectivity index (χ4n) is 1.61. The van der Waals surface area contributed by atoms with E-state index in [0.717, 1.165) is 30.7 Å². The third-order valence-electron chi connectivity index (χ3n) is 2.87. The van der Waals surface area contributed by atoms with E-state index < -0.39 is 0 Å². The SMILES string of the molecule is CCC(C)NCCCOc1c(C)cc(Cl)cc1Cl. The topological polar surface area (TPSA) is 21.3 Å². The van der Waals surface area contributed by atoms with Gasteiger partial charge >= 0.3 is 0 Å². The zero-order valence-electron chi connectivity index (χ0n) is 11.2. The first-order chi connectivity index (χ1) is 8.54. The summed E-state index contributed by atoms with van der Waals surface area (Å²) in [4.78, 5) is 0. The van der Waals surface area contributed by atoms with Crippen LogP contribution in [-0.4, -0.2) is 19.2 Å². The number of halogens is 2. The number of ether oxygens (including phenoxy) is 1. The Morgan fingerprint density at radius 3 is 2.67 bits per heavy atom. The summed E-state index contributed by atoms with van der Waals surface area (Å²) in [6.07, 6.45) is 2.10. The second kappa shape index (κ2) is 7.88. The number of benzene rings is 1. The van der Waals surface area contributed by atoms with Crippen LogP contribution in [0.4, 0.5) is 0 Å². The Labute approximate surface area is 120 Å². The van der Waals surface area contributed by atoms with E-state index in [0.29, 0.717) is 22.7 Å². The average Bonchev–Trinajstić information content (AvgIpc) is 2.31. The third kappa shape index (κ3) is 5.05. The van der Waals surface area contributed by atoms with Gasteiger partial charge in [0.2, 0.25) is 0 Å². The Hall–Kier alpha value is -0.440. The van der Waals surface area contributed by atoms with Crippen LogP contribution in [0.25, 0.3) is 0 Å². The van der Waals surface area contributed by atoms with Crippen LogP contribution < -0.4 is 10.1 Å². The predicted molar refractivity (Wildman–Crippen MR) is 79.1 cm³/mol. The van der Waals surface area contributed by atoms with Crippen molar-refractivity contribution < 1.29 is 4.74 Å². The summed E-state index contributed by atoms with van der Waals surface area (Å²) < 4.78 is 5.71. The van der Waals surface area contributed by atoms with E-state index in [4.69, 9.17) is 27.9 Å². The molecule has 2 nitrogen and oxygen atoms in total. The first-order valence-corrected chi connectivity index (χ1v) is 7.12. The van der Waals surface area contributed by atoms with Gasteiger partial charge in [0.1, 0.15) is 5.75 Å². The number of rotatable bonds is 7. The Morgan fingerprint density at radius 1 is 1.33 bits per heavy atom. The van der Waals surface area contributed by atoms with E-state index in [1.54, 1.807) is 6.07 Å². The summed E-state index contributed by atoms with van der Waals surface area (Å²) >= 11 is 12.0. The van der Waals surface area contributed by atoms with Crippen molar-refractivity contribution >= 4 is 23.2 Å². The lowest BCUT2D eigenvalue weighted by atomic mass is 10.2. The van der Waals surface area contributed by atoms with Crippen LogP contribution in [0.15, 0.2) is 12.1 Å². The first kappa shape index (κ1) is 15.6. The maximum atomic E-state index is 6.10. The molecule has 0 saturated carbocycles. The summed E-state index contributed by atoms with van der Waals surface area (Å²) in [5.74, 6) is 0.740. The van der Waals surface area contributed by atoms with Gasteiger partial charge in [0.15, 0.2) is 0 Å². The molecule has 1 aromatic rings. The Kier molecular flexibility index (Phi) is 6.83. The standard InChI is InChI=1S/C14H21Cl2NO/c1-4-11(3)17-6-5-7-18-14-10(2)8-12(15)9-13(14)16/h8-9,11,17H,4-7H2,1-3H3. The van der Waals surface area contributed by atoms with Crippen molar-refractivity contribution in [1.82, 2.24) is 5.32 Å². The van der Waals surface area contributed by atoms with Crippen molar-refractivity contribution in [3.63, 3.8) is 0 Å². The molecule has 0 aliphatic carbocycles.